The van der Waals surface area contributed by atoms with Crippen LogP contribution in [0.2, 0.25) is 0 Å². The van der Waals surface area contributed by atoms with Gasteiger partial charge < -0.3 is 4.74 Å². The Bertz CT molecular complexity index is 298. The molecule has 0 spiro atoms. The van der Waals surface area contributed by atoms with E-state index in [1.807, 2.05) is 12.3 Å². The monoisotopic (exact) mass is 275 g/mol. The van der Waals surface area contributed by atoms with E-state index in [1.54, 1.807) is 0 Å². The van der Waals surface area contributed by atoms with Crippen LogP contribution in [0.4, 0.5) is 0 Å². The average Bonchev–Trinajstić information content (AvgIpc) is 2.04. The molecule has 3 heteroatoms. The SMILES string of the molecule is CC1(I)COCc2ncccc21. The smallest absolute Gasteiger partial charge is 0.0891 e. The van der Waals surface area contributed by atoms with Crippen LogP contribution >= 0.6 is 22.6 Å². The van der Waals surface area contributed by atoms with E-state index in [9.17, 15) is 0 Å². The van der Waals surface area contributed by atoms with Crippen LogP contribution in [-0.4, -0.2) is 11.6 Å². The van der Waals surface area contributed by atoms with E-state index in [0.717, 1.165) is 12.3 Å². The van der Waals surface area contributed by atoms with E-state index in [4.69, 9.17) is 4.74 Å². The lowest BCUT2D eigenvalue weighted by molar-refractivity contribution is 0.0873. The van der Waals surface area contributed by atoms with Crippen LogP contribution in [0.1, 0.15) is 18.2 Å². The van der Waals surface area contributed by atoms with Gasteiger partial charge in [0.15, 0.2) is 0 Å². The van der Waals surface area contributed by atoms with Gasteiger partial charge >= 0.3 is 0 Å². The Morgan fingerprint density at radius 2 is 2.50 bits per heavy atom. The van der Waals surface area contributed by atoms with Gasteiger partial charge in [0.25, 0.3) is 0 Å². The Labute approximate surface area is 85.5 Å². The summed E-state index contributed by atoms with van der Waals surface area (Å²) in [4.78, 5) is 4.29. The average molecular weight is 275 g/mol. The normalized spacial score (nSPS) is 28.2. The molecule has 1 aliphatic rings. The second kappa shape index (κ2) is 2.96. The Kier molecular flexibility index (Phi) is 2.08. The molecule has 1 atom stereocenters. The molecule has 2 rings (SSSR count). The summed E-state index contributed by atoms with van der Waals surface area (Å²) < 4.78 is 5.54. The zero-order valence-electron chi connectivity index (χ0n) is 6.88. The van der Waals surface area contributed by atoms with Gasteiger partial charge in [0.1, 0.15) is 0 Å². The van der Waals surface area contributed by atoms with Crippen LogP contribution in [0.5, 0.6) is 0 Å². The predicted octanol–water partition coefficient (Wildman–Crippen LogP) is 2.26. The molecule has 0 N–H and O–H groups in total. The van der Waals surface area contributed by atoms with E-state index in [0.29, 0.717) is 6.61 Å². The number of nitrogens with zero attached hydrogens (tertiary/aromatic N) is 1. The van der Waals surface area contributed by atoms with Crippen LogP contribution in [0, 0.1) is 0 Å². The third kappa shape index (κ3) is 1.35. The van der Waals surface area contributed by atoms with Gasteiger partial charge in [-0.05, 0) is 18.6 Å². The third-order valence-electron chi connectivity index (χ3n) is 2.06. The maximum Gasteiger partial charge on any atom is 0.0891 e. The van der Waals surface area contributed by atoms with E-state index in [1.165, 1.54) is 5.56 Å². The molecule has 0 radical (unpaired) electrons. The van der Waals surface area contributed by atoms with E-state index in [2.05, 4.69) is 40.6 Å². The lowest BCUT2D eigenvalue weighted by atomic mass is 9.99. The summed E-state index contributed by atoms with van der Waals surface area (Å²) in [6, 6.07) is 4.12. The minimum absolute atomic E-state index is 0.0968. The van der Waals surface area contributed by atoms with Gasteiger partial charge in [-0.25, -0.2) is 0 Å². The topological polar surface area (TPSA) is 22.1 Å². The van der Waals surface area contributed by atoms with Gasteiger partial charge in [-0.15, -0.1) is 0 Å². The number of halogens is 1. The van der Waals surface area contributed by atoms with Gasteiger partial charge in [-0.1, -0.05) is 28.7 Å². The Morgan fingerprint density at radius 1 is 1.67 bits per heavy atom. The second-order valence-electron chi connectivity index (χ2n) is 3.19. The summed E-state index contributed by atoms with van der Waals surface area (Å²) in [5.74, 6) is 0. The van der Waals surface area contributed by atoms with Crippen molar-refractivity contribution in [1.82, 2.24) is 4.98 Å². The van der Waals surface area contributed by atoms with Crippen LogP contribution < -0.4 is 0 Å². The molecule has 0 saturated heterocycles. The Hall–Kier alpha value is -0.160. The molecule has 0 aliphatic carbocycles. The molecule has 2 heterocycles. The quantitative estimate of drug-likeness (QED) is 0.535. The lowest BCUT2D eigenvalue weighted by Crippen LogP contribution is -2.27. The van der Waals surface area contributed by atoms with Crippen molar-refractivity contribution in [3.05, 3.63) is 29.6 Å². The number of pyridine rings is 1. The molecule has 0 bridgehead atoms. The fourth-order valence-electron chi connectivity index (χ4n) is 1.44. The summed E-state index contributed by atoms with van der Waals surface area (Å²) in [5, 5.41) is 0. The first-order valence-corrected chi connectivity index (χ1v) is 4.99. The van der Waals surface area contributed by atoms with Crippen molar-refractivity contribution >= 4 is 22.6 Å². The highest BCUT2D eigenvalue weighted by Crippen LogP contribution is 2.36. The molecule has 0 saturated carbocycles. The summed E-state index contributed by atoms with van der Waals surface area (Å²) >= 11 is 2.42. The molecular weight excluding hydrogens is 265 g/mol. The summed E-state index contributed by atoms with van der Waals surface area (Å²) in [5.41, 5.74) is 2.40. The van der Waals surface area contributed by atoms with Crippen molar-refractivity contribution in [2.75, 3.05) is 6.61 Å². The maximum atomic E-state index is 5.44. The van der Waals surface area contributed by atoms with Gasteiger partial charge in [-0.2, -0.15) is 0 Å². The zero-order valence-corrected chi connectivity index (χ0v) is 9.04. The number of rotatable bonds is 0. The molecule has 0 amide bonds. The standard InChI is InChI=1S/C9H10INO/c1-9(10)6-12-5-8-7(9)3-2-4-11-8/h2-4H,5-6H2,1H3. The summed E-state index contributed by atoms with van der Waals surface area (Å²) in [6.45, 7) is 3.62. The van der Waals surface area contributed by atoms with Crippen molar-refractivity contribution < 1.29 is 4.74 Å². The minimum Gasteiger partial charge on any atom is -0.373 e. The van der Waals surface area contributed by atoms with Gasteiger partial charge in [0.2, 0.25) is 0 Å². The number of fused-ring (bicyclic) bond motifs is 1. The molecule has 1 aromatic heterocycles. The van der Waals surface area contributed by atoms with Crippen molar-refractivity contribution in [2.45, 2.75) is 17.0 Å². The molecule has 2 nitrogen and oxygen atoms in total. The second-order valence-corrected chi connectivity index (χ2v) is 5.57. The fraction of sp³-hybridized carbons (Fsp3) is 0.444. The molecule has 12 heavy (non-hydrogen) atoms. The van der Waals surface area contributed by atoms with E-state index in [-0.39, 0.29) is 3.42 Å². The largest absolute Gasteiger partial charge is 0.373 e. The minimum atomic E-state index is 0.0968. The molecular formula is C9H10INO. The Balaban J connectivity index is 2.52. The number of aromatic nitrogens is 1. The first-order valence-electron chi connectivity index (χ1n) is 3.91. The number of hydrogen-bond acceptors (Lipinski definition) is 2. The molecule has 0 fully saturated rings. The number of hydrogen-bond donors (Lipinski definition) is 0. The zero-order chi connectivity index (χ0) is 8.60. The fourth-order valence-corrected chi connectivity index (χ4v) is 2.16. The van der Waals surface area contributed by atoms with Gasteiger partial charge in [0.05, 0.1) is 22.3 Å². The first-order chi connectivity index (χ1) is 5.70. The third-order valence-corrected chi connectivity index (χ3v) is 2.96. The maximum absolute atomic E-state index is 5.44. The Morgan fingerprint density at radius 3 is 3.25 bits per heavy atom. The van der Waals surface area contributed by atoms with Crippen molar-refractivity contribution in [1.29, 1.82) is 0 Å². The molecule has 1 aromatic rings. The van der Waals surface area contributed by atoms with Crippen molar-refractivity contribution in [3.63, 3.8) is 0 Å². The highest BCUT2D eigenvalue weighted by molar-refractivity contribution is 14.1. The number of ether oxygens (including phenoxy) is 1. The van der Waals surface area contributed by atoms with E-state index < -0.39 is 0 Å². The first kappa shape index (κ1) is 8.44. The summed E-state index contributed by atoms with van der Waals surface area (Å²) in [7, 11) is 0. The van der Waals surface area contributed by atoms with Gasteiger partial charge in [-0.3, -0.25) is 4.98 Å². The predicted molar refractivity (Wildman–Crippen MR) is 55.3 cm³/mol. The van der Waals surface area contributed by atoms with Crippen molar-refractivity contribution in [2.24, 2.45) is 0 Å². The lowest BCUT2D eigenvalue weighted by Gasteiger charge is -2.29. The highest BCUT2D eigenvalue weighted by Gasteiger charge is 2.30. The molecule has 64 valence electrons. The molecule has 1 aliphatic heterocycles. The number of alkyl halides is 1. The van der Waals surface area contributed by atoms with E-state index >= 15 is 0 Å². The van der Waals surface area contributed by atoms with Crippen LogP contribution in [0.3, 0.4) is 0 Å². The molecule has 0 aromatic carbocycles. The van der Waals surface area contributed by atoms with Crippen molar-refractivity contribution in [3.8, 4) is 0 Å². The van der Waals surface area contributed by atoms with Crippen LogP contribution in [-0.2, 0) is 14.8 Å². The summed E-state index contributed by atoms with van der Waals surface area (Å²) in [6.07, 6.45) is 1.82. The van der Waals surface area contributed by atoms with Gasteiger partial charge in [0, 0.05) is 6.20 Å². The van der Waals surface area contributed by atoms with Crippen LogP contribution in [0.25, 0.3) is 0 Å². The van der Waals surface area contributed by atoms with Crippen LogP contribution in [0.15, 0.2) is 18.3 Å². The molecule has 1 unspecified atom stereocenters. The highest BCUT2D eigenvalue weighted by atomic mass is 127.